The summed E-state index contributed by atoms with van der Waals surface area (Å²) >= 11 is 0. The summed E-state index contributed by atoms with van der Waals surface area (Å²) in [4.78, 5) is 11.7. The molecule has 0 spiro atoms. The first-order valence-electron chi connectivity index (χ1n) is 9.23. The molecule has 0 unspecified atom stereocenters. The third-order valence-corrected chi connectivity index (χ3v) is 4.61. The molecule has 1 aromatic carbocycles. The van der Waals surface area contributed by atoms with Crippen LogP contribution in [-0.2, 0) is 6.42 Å². The van der Waals surface area contributed by atoms with Crippen LogP contribution in [0.25, 0.3) is 10.9 Å². The number of fused-ring (bicyclic) bond motifs is 1. The van der Waals surface area contributed by atoms with Crippen molar-refractivity contribution in [1.29, 1.82) is 0 Å². The molecule has 2 aromatic heterocycles. The van der Waals surface area contributed by atoms with Crippen LogP contribution in [-0.4, -0.2) is 41.0 Å². The standard InChI is InChI=1S/C20H27N5O/c1-3-25(4-2)17(18-10-7-13-26-18)14-22-20-15-8-5-6-9-16(15)23-19(24-20)11-12-21/h5-10,13,17H,3-4,11-12,14,21H2,1-2H3,(H,22,23,24)/t17-/m0/s1. The van der Waals surface area contributed by atoms with E-state index in [0.717, 1.165) is 41.4 Å². The monoisotopic (exact) mass is 353 g/mol. The number of nitrogens with one attached hydrogen (secondary N) is 1. The van der Waals surface area contributed by atoms with Crippen LogP contribution < -0.4 is 11.1 Å². The molecule has 3 aromatic rings. The Labute approximate surface area is 154 Å². The third-order valence-electron chi connectivity index (χ3n) is 4.61. The average Bonchev–Trinajstić information content (AvgIpc) is 3.19. The second-order valence-corrected chi connectivity index (χ2v) is 6.18. The van der Waals surface area contributed by atoms with E-state index in [9.17, 15) is 0 Å². The number of anilines is 1. The molecule has 0 saturated heterocycles. The number of nitrogens with zero attached hydrogens (tertiary/aromatic N) is 3. The molecule has 1 atom stereocenters. The molecule has 138 valence electrons. The van der Waals surface area contributed by atoms with Crippen molar-refractivity contribution in [3.8, 4) is 0 Å². The predicted octanol–water partition coefficient (Wildman–Crippen LogP) is 3.22. The minimum absolute atomic E-state index is 0.145. The van der Waals surface area contributed by atoms with Crippen LogP contribution in [0.2, 0.25) is 0 Å². The minimum Gasteiger partial charge on any atom is -0.468 e. The number of furan rings is 1. The summed E-state index contributed by atoms with van der Waals surface area (Å²) in [6.07, 6.45) is 2.39. The number of benzene rings is 1. The number of nitrogens with two attached hydrogens (primary N) is 1. The maximum atomic E-state index is 5.70. The highest BCUT2D eigenvalue weighted by molar-refractivity contribution is 5.89. The summed E-state index contributed by atoms with van der Waals surface area (Å²) in [5, 5.41) is 4.55. The van der Waals surface area contributed by atoms with Crippen molar-refractivity contribution in [3.63, 3.8) is 0 Å². The molecule has 0 amide bonds. The van der Waals surface area contributed by atoms with Crippen LogP contribution in [0.5, 0.6) is 0 Å². The van der Waals surface area contributed by atoms with Gasteiger partial charge in [0.2, 0.25) is 0 Å². The molecular formula is C20H27N5O. The van der Waals surface area contributed by atoms with Gasteiger partial charge in [0.25, 0.3) is 0 Å². The smallest absolute Gasteiger partial charge is 0.137 e. The van der Waals surface area contributed by atoms with Gasteiger partial charge in [-0.15, -0.1) is 0 Å². The number of para-hydroxylation sites is 1. The van der Waals surface area contributed by atoms with Crippen LogP contribution in [0.15, 0.2) is 47.1 Å². The van der Waals surface area contributed by atoms with Crippen molar-refractivity contribution in [2.75, 3.05) is 31.5 Å². The van der Waals surface area contributed by atoms with E-state index >= 15 is 0 Å². The summed E-state index contributed by atoms with van der Waals surface area (Å²) in [5.74, 6) is 2.58. The number of likely N-dealkylation sites (N-methyl/N-ethyl adjacent to an activating group) is 1. The number of aromatic nitrogens is 2. The maximum absolute atomic E-state index is 5.70. The third kappa shape index (κ3) is 4.03. The summed E-state index contributed by atoms with van der Waals surface area (Å²) in [6.45, 7) is 7.47. The van der Waals surface area contributed by atoms with E-state index in [-0.39, 0.29) is 6.04 Å². The van der Waals surface area contributed by atoms with Gasteiger partial charge in [-0.25, -0.2) is 9.97 Å². The van der Waals surface area contributed by atoms with Crippen LogP contribution in [0, 0.1) is 0 Å². The van der Waals surface area contributed by atoms with Crippen molar-refractivity contribution >= 4 is 16.7 Å². The lowest BCUT2D eigenvalue weighted by molar-refractivity contribution is 0.202. The Kier molecular flexibility index (Phi) is 6.20. The van der Waals surface area contributed by atoms with Crippen molar-refractivity contribution in [2.24, 2.45) is 5.73 Å². The fourth-order valence-electron chi connectivity index (χ4n) is 3.25. The number of hydrogen-bond acceptors (Lipinski definition) is 6. The van der Waals surface area contributed by atoms with E-state index in [2.05, 4.69) is 29.0 Å². The predicted molar refractivity (Wildman–Crippen MR) is 105 cm³/mol. The lowest BCUT2D eigenvalue weighted by Gasteiger charge is -2.28. The molecule has 3 N–H and O–H groups in total. The molecule has 6 nitrogen and oxygen atoms in total. The van der Waals surface area contributed by atoms with Crippen LogP contribution >= 0.6 is 0 Å². The first-order valence-corrected chi connectivity index (χ1v) is 9.23. The fourth-order valence-corrected chi connectivity index (χ4v) is 3.25. The summed E-state index contributed by atoms with van der Waals surface area (Å²) in [5.41, 5.74) is 6.63. The lowest BCUT2D eigenvalue weighted by Crippen LogP contribution is -2.33. The van der Waals surface area contributed by atoms with E-state index in [1.807, 2.05) is 36.4 Å². The Morgan fingerprint density at radius 2 is 1.92 bits per heavy atom. The summed E-state index contributed by atoms with van der Waals surface area (Å²) < 4.78 is 5.69. The first-order chi connectivity index (χ1) is 12.8. The Morgan fingerprint density at radius 3 is 2.62 bits per heavy atom. The second-order valence-electron chi connectivity index (χ2n) is 6.18. The van der Waals surface area contributed by atoms with Gasteiger partial charge < -0.3 is 15.5 Å². The quantitative estimate of drug-likeness (QED) is 0.615. The normalized spacial score (nSPS) is 12.6. The molecule has 0 radical (unpaired) electrons. The fraction of sp³-hybridized carbons (Fsp3) is 0.400. The SMILES string of the molecule is CCN(CC)[C@@H](CNc1nc(CCN)nc2ccccc12)c1ccco1. The molecule has 0 aliphatic rings. The molecule has 2 heterocycles. The van der Waals surface area contributed by atoms with Gasteiger partial charge in [-0.2, -0.15) is 0 Å². The zero-order valence-corrected chi connectivity index (χ0v) is 15.5. The molecular weight excluding hydrogens is 326 g/mol. The Morgan fingerprint density at radius 1 is 1.12 bits per heavy atom. The van der Waals surface area contributed by atoms with Gasteiger partial charge >= 0.3 is 0 Å². The van der Waals surface area contributed by atoms with Crippen molar-refractivity contribution in [1.82, 2.24) is 14.9 Å². The lowest BCUT2D eigenvalue weighted by atomic mass is 10.1. The molecule has 6 heteroatoms. The largest absolute Gasteiger partial charge is 0.468 e. The van der Waals surface area contributed by atoms with Gasteiger partial charge in [-0.3, -0.25) is 4.90 Å². The van der Waals surface area contributed by atoms with Crippen molar-refractivity contribution in [3.05, 3.63) is 54.2 Å². The molecule has 0 aliphatic heterocycles. The topological polar surface area (TPSA) is 80.2 Å². The van der Waals surface area contributed by atoms with Gasteiger partial charge in [-0.1, -0.05) is 26.0 Å². The highest BCUT2D eigenvalue weighted by Gasteiger charge is 2.21. The molecule has 26 heavy (non-hydrogen) atoms. The Balaban J connectivity index is 1.89. The van der Waals surface area contributed by atoms with E-state index in [4.69, 9.17) is 15.1 Å². The van der Waals surface area contributed by atoms with Gasteiger partial charge in [0.1, 0.15) is 17.4 Å². The van der Waals surface area contributed by atoms with Gasteiger partial charge in [0, 0.05) is 18.4 Å². The Hall–Kier alpha value is -2.44. The van der Waals surface area contributed by atoms with E-state index in [1.54, 1.807) is 6.26 Å². The van der Waals surface area contributed by atoms with Crippen LogP contribution in [0.4, 0.5) is 5.82 Å². The van der Waals surface area contributed by atoms with Gasteiger partial charge in [-0.05, 0) is 43.9 Å². The molecule has 0 fully saturated rings. The zero-order valence-electron chi connectivity index (χ0n) is 15.5. The van der Waals surface area contributed by atoms with Crippen LogP contribution in [0.3, 0.4) is 0 Å². The second kappa shape index (κ2) is 8.78. The van der Waals surface area contributed by atoms with E-state index < -0.39 is 0 Å². The zero-order chi connectivity index (χ0) is 18.4. The van der Waals surface area contributed by atoms with Crippen molar-refractivity contribution < 1.29 is 4.42 Å². The highest BCUT2D eigenvalue weighted by Crippen LogP contribution is 2.24. The number of rotatable bonds is 9. The van der Waals surface area contributed by atoms with Gasteiger partial charge in [0.05, 0.1) is 17.8 Å². The maximum Gasteiger partial charge on any atom is 0.137 e. The van der Waals surface area contributed by atoms with Crippen molar-refractivity contribution in [2.45, 2.75) is 26.3 Å². The van der Waals surface area contributed by atoms with E-state index in [0.29, 0.717) is 19.5 Å². The number of hydrogen-bond donors (Lipinski definition) is 2. The molecule has 0 aliphatic carbocycles. The minimum atomic E-state index is 0.145. The Bertz CT molecular complexity index is 814. The summed E-state index contributed by atoms with van der Waals surface area (Å²) in [7, 11) is 0. The average molecular weight is 353 g/mol. The molecule has 0 bridgehead atoms. The highest BCUT2D eigenvalue weighted by atomic mass is 16.3. The molecule has 0 saturated carbocycles. The molecule has 3 rings (SSSR count). The summed E-state index contributed by atoms with van der Waals surface area (Å²) in [6, 6.07) is 12.2. The van der Waals surface area contributed by atoms with Gasteiger partial charge in [0.15, 0.2) is 0 Å². The first kappa shape index (κ1) is 18.4. The van der Waals surface area contributed by atoms with E-state index in [1.165, 1.54) is 0 Å². The van der Waals surface area contributed by atoms with Crippen LogP contribution in [0.1, 0.15) is 31.5 Å².